The summed E-state index contributed by atoms with van der Waals surface area (Å²) in [7, 11) is 0. The number of terminal acetylenes is 1. The van der Waals surface area contributed by atoms with Crippen molar-refractivity contribution < 1.29 is 9.53 Å². The number of aromatic nitrogens is 5. The number of pyridine rings is 1. The zero-order chi connectivity index (χ0) is 26.3. The highest BCUT2D eigenvalue weighted by molar-refractivity contribution is 7.14. The summed E-state index contributed by atoms with van der Waals surface area (Å²) in [5, 5.41) is 22.5. The zero-order valence-electron chi connectivity index (χ0n) is 21.5. The molecular weight excluding hydrogens is 510 g/mol. The molecule has 1 aliphatic heterocycles. The average molecular weight is 540 g/mol. The molecule has 198 valence electrons. The molecule has 9 nitrogen and oxygen atoms in total. The summed E-state index contributed by atoms with van der Waals surface area (Å²) >= 11 is 1.64. The van der Waals surface area contributed by atoms with Crippen LogP contribution in [0.1, 0.15) is 55.0 Å². The normalized spacial score (nSPS) is 21.3. The molecule has 7 rings (SSSR count). The maximum atomic E-state index is 12.1. The lowest BCUT2D eigenvalue weighted by Crippen LogP contribution is -2.40. The summed E-state index contributed by atoms with van der Waals surface area (Å²) in [6.07, 6.45) is 15.2. The van der Waals surface area contributed by atoms with Crippen molar-refractivity contribution in [2.45, 2.75) is 56.5 Å². The van der Waals surface area contributed by atoms with Crippen molar-refractivity contribution in [1.29, 1.82) is 0 Å². The monoisotopic (exact) mass is 539 g/mol. The number of anilines is 1. The largest absolute Gasteiger partial charge is 0.377 e. The topological polar surface area (TPSA) is 106 Å². The first kappa shape index (κ1) is 24.2. The fourth-order valence-corrected chi connectivity index (χ4v) is 6.39. The Balaban J connectivity index is 1.13. The zero-order valence-corrected chi connectivity index (χ0v) is 22.3. The second-order valence-corrected chi connectivity index (χ2v) is 11.7. The van der Waals surface area contributed by atoms with Crippen molar-refractivity contribution in [3.8, 4) is 34.3 Å². The Morgan fingerprint density at radius 2 is 1.90 bits per heavy atom. The number of carbonyl (C=O) groups excluding carboxylic acids is 1. The molecule has 4 aromatic heterocycles. The van der Waals surface area contributed by atoms with E-state index in [0.717, 1.165) is 82.3 Å². The molecule has 4 aromatic rings. The van der Waals surface area contributed by atoms with Gasteiger partial charge in [-0.1, -0.05) is 17.3 Å². The van der Waals surface area contributed by atoms with Gasteiger partial charge < -0.3 is 15.4 Å². The second kappa shape index (κ2) is 10.1. The van der Waals surface area contributed by atoms with E-state index in [-0.39, 0.29) is 23.9 Å². The molecule has 1 saturated heterocycles. The van der Waals surface area contributed by atoms with Crippen LogP contribution in [0.3, 0.4) is 0 Å². The van der Waals surface area contributed by atoms with Gasteiger partial charge in [-0.05, 0) is 62.8 Å². The van der Waals surface area contributed by atoms with E-state index in [1.807, 2.05) is 28.9 Å². The van der Waals surface area contributed by atoms with Gasteiger partial charge in [0.2, 0.25) is 5.91 Å². The molecule has 1 amide bonds. The molecule has 0 radical (unpaired) electrons. The molecule has 2 saturated carbocycles. The maximum Gasteiger partial charge on any atom is 0.223 e. The van der Waals surface area contributed by atoms with Gasteiger partial charge in [0.15, 0.2) is 5.01 Å². The number of fused-ring (bicyclic) bond motifs is 1. The van der Waals surface area contributed by atoms with Gasteiger partial charge in [-0.15, -0.1) is 16.6 Å². The SMILES string of the molecule is C#Cc1cnn2c(-c3cc(NC4COC4)c(-c4nnc(C5CCC(NC(=O)C6CC6)CC5)s4)cn3)ccc2c1. The number of hydrogen-bond acceptors (Lipinski definition) is 8. The first-order valence-corrected chi connectivity index (χ1v) is 14.4. The minimum Gasteiger partial charge on any atom is -0.377 e. The van der Waals surface area contributed by atoms with Gasteiger partial charge in [0.25, 0.3) is 0 Å². The van der Waals surface area contributed by atoms with Crippen molar-refractivity contribution in [3.63, 3.8) is 0 Å². The molecular formula is C29H29N7O2S. The molecule has 3 aliphatic rings. The van der Waals surface area contributed by atoms with Crippen LogP contribution in [0, 0.1) is 18.3 Å². The first-order chi connectivity index (χ1) is 19.1. The Morgan fingerprint density at radius 3 is 2.64 bits per heavy atom. The molecule has 5 heterocycles. The minimum atomic E-state index is 0.241. The van der Waals surface area contributed by atoms with Crippen LogP contribution < -0.4 is 10.6 Å². The molecule has 39 heavy (non-hydrogen) atoms. The van der Waals surface area contributed by atoms with Crippen LogP contribution in [0.15, 0.2) is 36.7 Å². The lowest BCUT2D eigenvalue weighted by atomic mass is 9.86. The van der Waals surface area contributed by atoms with Crippen LogP contribution in [0.25, 0.3) is 27.5 Å². The van der Waals surface area contributed by atoms with Crippen LogP contribution in [-0.2, 0) is 9.53 Å². The van der Waals surface area contributed by atoms with Crippen molar-refractivity contribution in [3.05, 3.63) is 47.2 Å². The predicted molar refractivity (Wildman–Crippen MR) is 149 cm³/mol. The van der Waals surface area contributed by atoms with Crippen LogP contribution in [0.2, 0.25) is 0 Å². The van der Waals surface area contributed by atoms with E-state index in [4.69, 9.17) is 16.1 Å². The Labute approximate surface area is 230 Å². The fraction of sp³-hybridized carbons (Fsp3) is 0.414. The van der Waals surface area contributed by atoms with E-state index in [0.29, 0.717) is 19.1 Å². The van der Waals surface area contributed by atoms with Gasteiger partial charge in [-0.25, -0.2) is 4.52 Å². The molecule has 0 aromatic carbocycles. The van der Waals surface area contributed by atoms with E-state index < -0.39 is 0 Å². The number of rotatable bonds is 7. The lowest BCUT2D eigenvalue weighted by Gasteiger charge is -2.28. The van der Waals surface area contributed by atoms with Crippen molar-refractivity contribution >= 4 is 28.4 Å². The molecule has 0 spiro atoms. The van der Waals surface area contributed by atoms with Gasteiger partial charge in [-0.3, -0.25) is 9.78 Å². The number of nitrogens with zero attached hydrogens (tertiary/aromatic N) is 5. The van der Waals surface area contributed by atoms with Gasteiger partial charge >= 0.3 is 0 Å². The van der Waals surface area contributed by atoms with E-state index in [1.165, 1.54) is 0 Å². The lowest BCUT2D eigenvalue weighted by molar-refractivity contribution is -0.123. The van der Waals surface area contributed by atoms with Gasteiger partial charge in [0.05, 0.1) is 47.9 Å². The summed E-state index contributed by atoms with van der Waals surface area (Å²) in [6, 6.07) is 8.53. The van der Waals surface area contributed by atoms with Crippen LogP contribution in [0.4, 0.5) is 5.69 Å². The molecule has 2 aliphatic carbocycles. The standard InChI is InChI=1S/C29H29N7O2S/c1-2-17-11-22-9-10-26(36(22)31-13-17)25-12-24(32-21-15-38-16-21)23(14-30-25)29-35-34-28(39-29)19-5-7-20(8-6-19)33-27(37)18-3-4-18/h1,9-14,18-21H,3-8,15-16H2,(H,30,32)(H,33,37). The third-order valence-electron chi connectivity index (χ3n) is 7.87. The molecule has 0 bridgehead atoms. The van der Waals surface area contributed by atoms with Crippen molar-refractivity contribution in [2.75, 3.05) is 18.5 Å². The smallest absolute Gasteiger partial charge is 0.223 e. The molecule has 0 atom stereocenters. The van der Waals surface area contributed by atoms with E-state index in [1.54, 1.807) is 17.5 Å². The van der Waals surface area contributed by atoms with Crippen LogP contribution in [0.5, 0.6) is 0 Å². The van der Waals surface area contributed by atoms with Gasteiger partial charge in [-0.2, -0.15) is 5.10 Å². The van der Waals surface area contributed by atoms with Gasteiger partial charge in [0.1, 0.15) is 5.01 Å². The van der Waals surface area contributed by atoms with Crippen molar-refractivity contribution in [1.82, 2.24) is 30.1 Å². The molecule has 2 N–H and O–H groups in total. The Bertz CT molecular complexity index is 1570. The van der Waals surface area contributed by atoms with E-state index >= 15 is 0 Å². The molecule has 3 fully saturated rings. The summed E-state index contributed by atoms with van der Waals surface area (Å²) in [5.74, 6) is 3.51. The Kier molecular flexibility index (Phi) is 6.25. The highest BCUT2D eigenvalue weighted by atomic mass is 32.1. The summed E-state index contributed by atoms with van der Waals surface area (Å²) in [6.45, 7) is 1.34. The Hall–Kier alpha value is -3.81. The average Bonchev–Trinajstić information content (AvgIpc) is 3.54. The predicted octanol–water partition coefficient (Wildman–Crippen LogP) is 4.26. The highest BCUT2D eigenvalue weighted by Crippen LogP contribution is 2.39. The summed E-state index contributed by atoms with van der Waals surface area (Å²) < 4.78 is 7.26. The fourth-order valence-electron chi connectivity index (χ4n) is 5.35. The van der Waals surface area contributed by atoms with Crippen LogP contribution >= 0.6 is 11.3 Å². The molecule has 10 heteroatoms. The third-order valence-corrected chi connectivity index (χ3v) is 8.99. The number of nitrogens with one attached hydrogen (secondary N) is 2. The second-order valence-electron chi connectivity index (χ2n) is 10.7. The highest BCUT2D eigenvalue weighted by Gasteiger charge is 2.33. The minimum absolute atomic E-state index is 0.241. The number of amides is 1. The summed E-state index contributed by atoms with van der Waals surface area (Å²) in [4.78, 5) is 17.0. The van der Waals surface area contributed by atoms with Gasteiger partial charge in [0, 0.05) is 35.3 Å². The number of carbonyl (C=O) groups is 1. The van der Waals surface area contributed by atoms with Crippen LogP contribution in [-0.4, -0.2) is 56.0 Å². The first-order valence-electron chi connectivity index (χ1n) is 13.6. The maximum absolute atomic E-state index is 12.1. The number of ether oxygens (including phenoxy) is 1. The number of hydrogen-bond donors (Lipinski definition) is 2. The van der Waals surface area contributed by atoms with Crippen molar-refractivity contribution in [2.24, 2.45) is 5.92 Å². The third kappa shape index (κ3) is 4.88. The van der Waals surface area contributed by atoms with E-state index in [9.17, 15) is 4.79 Å². The quantitative estimate of drug-likeness (QED) is 0.338. The Morgan fingerprint density at radius 1 is 1.05 bits per heavy atom. The summed E-state index contributed by atoms with van der Waals surface area (Å²) in [5.41, 5.74) is 5.24. The molecule has 0 unspecified atom stereocenters. The van der Waals surface area contributed by atoms with E-state index in [2.05, 4.69) is 37.9 Å².